The minimum atomic E-state index is -1.71. The highest BCUT2D eigenvalue weighted by Gasteiger charge is 2.44. The van der Waals surface area contributed by atoms with Crippen molar-refractivity contribution in [3.8, 4) is 34.3 Å². The number of benzene rings is 2. The number of allylic oxidation sites excluding steroid dienone is 2. The summed E-state index contributed by atoms with van der Waals surface area (Å²) in [5.41, 5.74) is 0.624. The van der Waals surface area contributed by atoms with Crippen LogP contribution >= 0.6 is 0 Å². The van der Waals surface area contributed by atoms with Crippen LogP contribution in [0.3, 0.4) is 0 Å². The largest absolute Gasteiger partial charge is 0.508 e. The van der Waals surface area contributed by atoms with E-state index >= 15 is 0 Å². The van der Waals surface area contributed by atoms with Crippen molar-refractivity contribution in [1.82, 2.24) is 0 Å². The summed E-state index contributed by atoms with van der Waals surface area (Å²) in [4.78, 5) is 13.7. The van der Waals surface area contributed by atoms with Crippen LogP contribution in [0.15, 0.2) is 51.2 Å². The summed E-state index contributed by atoms with van der Waals surface area (Å²) in [6.07, 6.45) is -5.16. The van der Waals surface area contributed by atoms with Gasteiger partial charge in [0.2, 0.25) is 17.5 Å². The first-order valence-electron chi connectivity index (χ1n) is 11.3. The maximum Gasteiger partial charge on any atom is 0.239 e. The van der Waals surface area contributed by atoms with Crippen LogP contribution in [0.4, 0.5) is 0 Å². The van der Waals surface area contributed by atoms with E-state index in [2.05, 4.69) is 0 Å². The predicted molar refractivity (Wildman–Crippen MR) is 129 cm³/mol. The molecule has 10 heteroatoms. The van der Waals surface area contributed by atoms with Gasteiger partial charge in [0.1, 0.15) is 46.5 Å². The number of phenolic OH excluding ortho intramolecular Hbond substituents is 3. The summed E-state index contributed by atoms with van der Waals surface area (Å²) in [5.74, 6) is -1.43. The summed E-state index contributed by atoms with van der Waals surface area (Å²) in [6.45, 7) is 5.20. The van der Waals surface area contributed by atoms with Gasteiger partial charge in [0.15, 0.2) is 5.76 Å². The van der Waals surface area contributed by atoms with Gasteiger partial charge in [0.05, 0.1) is 6.10 Å². The highest BCUT2D eigenvalue weighted by molar-refractivity contribution is 5.91. The molecule has 192 valence electrons. The van der Waals surface area contributed by atoms with Crippen molar-refractivity contribution in [3.05, 3.63) is 57.8 Å². The van der Waals surface area contributed by atoms with Crippen LogP contribution in [0, 0.1) is 0 Å². The number of aliphatic hydroxyl groups is 3. The summed E-state index contributed by atoms with van der Waals surface area (Å²) >= 11 is 0. The second kappa shape index (κ2) is 9.82. The second-order valence-electron chi connectivity index (χ2n) is 9.02. The summed E-state index contributed by atoms with van der Waals surface area (Å²) in [5, 5.41) is 61.1. The number of phenols is 3. The van der Waals surface area contributed by atoms with E-state index in [1.54, 1.807) is 0 Å². The molecule has 4 rings (SSSR count). The van der Waals surface area contributed by atoms with Gasteiger partial charge in [-0.15, -0.1) is 0 Å². The lowest BCUT2D eigenvalue weighted by Gasteiger charge is -2.38. The molecule has 3 aromatic rings. The molecule has 0 radical (unpaired) electrons. The van der Waals surface area contributed by atoms with Gasteiger partial charge >= 0.3 is 0 Å². The zero-order valence-corrected chi connectivity index (χ0v) is 19.9. The van der Waals surface area contributed by atoms with Gasteiger partial charge in [0, 0.05) is 17.2 Å². The fourth-order valence-corrected chi connectivity index (χ4v) is 4.01. The van der Waals surface area contributed by atoms with Crippen molar-refractivity contribution in [2.24, 2.45) is 0 Å². The minimum Gasteiger partial charge on any atom is -0.508 e. The van der Waals surface area contributed by atoms with Gasteiger partial charge in [-0.2, -0.15) is 0 Å². The Labute approximate surface area is 205 Å². The highest BCUT2D eigenvalue weighted by atomic mass is 16.7. The highest BCUT2D eigenvalue weighted by Crippen LogP contribution is 2.40. The van der Waals surface area contributed by atoms with Crippen molar-refractivity contribution < 1.29 is 44.5 Å². The normalized spacial score (nSPS) is 24.0. The van der Waals surface area contributed by atoms with Crippen LogP contribution < -0.4 is 10.2 Å². The molecule has 0 saturated carbocycles. The van der Waals surface area contributed by atoms with Crippen LogP contribution in [0.5, 0.6) is 23.0 Å². The van der Waals surface area contributed by atoms with E-state index in [4.69, 9.17) is 13.9 Å². The lowest BCUT2D eigenvalue weighted by molar-refractivity contribution is -0.268. The number of aliphatic hydroxyl groups excluding tert-OH is 3. The van der Waals surface area contributed by atoms with Gasteiger partial charge in [-0.1, -0.05) is 11.6 Å². The predicted octanol–water partition coefficient (Wildman–Crippen LogP) is 2.29. The molecule has 1 fully saturated rings. The smallest absolute Gasteiger partial charge is 0.239 e. The van der Waals surface area contributed by atoms with Gasteiger partial charge in [-0.25, -0.2) is 0 Å². The molecule has 5 atom stereocenters. The Hall–Kier alpha value is -3.57. The lowest BCUT2D eigenvalue weighted by atomic mass is 10.00. The third-order valence-corrected chi connectivity index (χ3v) is 6.07. The van der Waals surface area contributed by atoms with Crippen molar-refractivity contribution in [2.45, 2.75) is 57.9 Å². The molecule has 10 nitrogen and oxygen atoms in total. The zero-order chi connectivity index (χ0) is 26.3. The van der Waals surface area contributed by atoms with Gasteiger partial charge in [0.25, 0.3) is 0 Å². The molecule has 0 spiro atoms. The van der Waals surface area contributed by atoms with E-state index in [1.807, 2.05) is 19.9 Å². The Morgan fingerprint density at radius 1 is 1.00 bits per heavy atom. The first-order chi connectivity index (χ1) is 17.0. The average molecular weight is 501 g/mol. The number of hydrogen-bond donors (Lipinski definition) is 6. The molecule has 0 bridgehead atoms. The molecule has 0 unspecified atom stereocenters. The standard InChI is InChI=1S/C26H28O10/c1-11(2)4-9-15-16(28)10-17(29)18-20(31)25(36-26-22(33)21(32)19(30)12(3)34-26)23(35-24(15)18)13-5-7-14(27)8-6-13/h4-8,10,12,19,21-22,26-30,32-33H,9H2,1-3H3/t12-,19-,21+,22-,26-/m0/s1. The van der Waals surface area contributed by atoms with Gasteiger partial charge in [-0.3, -0.25) is 4.79 Å². The maximum absolute atomic E-state index is 13.7. The molecule has 0 amide bonds. The molecule has 2 aromatic carbocycles. The Bertz CT molecular complexity index is 1350. The Balaban J connectivity index is 1.97. The summed E-state index contributed by atoms with van der Waals surface area (Å²) < 4.78 is 17.3. The van der Waals surface area contributed by atoms with E-state index in [1.165, 1.54) is 31.2 Å². The summed E-state index contributed by atoms with van der Waals surface area (Å²) in [7, 11) is 0. The van der Waals surface area contributed by atoms with Gasteiger partial charge < -0.3 is 44.5 Å². The molecule has 1 saturated heterocycles. The molecule has 6 N–H and O–H groups in total. The number of fused-ring (bicyclic) bond motifs is 1. The molecular formula is C26H28O10. The second-order valence-corrected chi connectivity index (χ2v) is 9.02. The van der Waals surface area contributed by atoms with E-state index in [-0.39, 0.29) is 40.2 Å². The average Bonchev–Trinajstić information content (AvgIpc) is 2.82. The van der Waals surface area contributed by atoms with Crippen LogP contribution in [-0.2, 0) is 11.2 Å². The van der Waals surface area contributed by atoms with Crippen LogP contribution in [0.2, 0.25) is 0 Å². The summed E-state index contributed by atoms with van der Waals surface area (Å²) in [6, 6.07) is 6.68. The number of hydrogen-bond acceptors (Lipinski definition) is 10. The van der Waals surface area contributed by atoms with Crippen LogP contribution in [0.1, 0.15) is 26.3 Å². The monoisotopic (exact) mass is 500 g/mol. The van der Waals surface area contributed by atoms with Crippen LogP contribution in [-0.4, -0.2) is 61.3 Å². The van der Waals surface area contributed by atoms with E-state index < -0.39 is 47.6 Å². The van der Waals surface area contributed by atoms with Crippen molar-refractivity contribution in [2.75, 3.05) is 0 Å². The molecule has 1 aliphatic rings. The van der Waals surface area contributed by atoms with Crippen LogP contribution in [0.25, 0.3) is 22.3 Å². The third kappa shape index (κ3) is 4.63. The fraction of sp³-hybridized carbons (Fsp3) is 0.346. The molecule has 1 aromatic heterocycles. The topological polar surface area (TPSA) is 170 Å². The number of rotatable bonds is 5. The fourth-order valence-electron chi connectivity index (χ4n) is 4.01. The van der Waals surface area contributed by atoms with Gasteiger partial charge in [-0.05, 0) is 51.5 Å². The van der Waals surface area contributed by atoms with Crippen molar-refractivity contribution in [3.63, 3.8) is 0 Å². The minimum absolute atomic E-state index is 0.0409. The van der Waals surface area contributed by atoms with E-state index in [0.29, 0.717) is 5.56 Å². The number of ether oxygens (including phenoxy) is 2. The third-order valence-electron chi connectivity index (χ3n) is 6.07. The van der Waals surface area contributed by atoms with Crippen molar-refractivity contribution >= 4 is 11.0 Å². The Morgan fingerprint density at radius 2 is 1.67 bits per heavy atom. The lowest BCUT2D eigenvalue weighted by Crippen LogP contribution is -2.58. The zero-order valence-electron chi connectivity index (χ0n) is 19.9. The van der Waals surface area contributed by atoms with Crippen molar-refractivity contribution in [1.29, 1.82) is 0 Å². The Morgan fingerprint density at radius 3 is 2.31 bits per heavy atom. The molecule has 36 heavy (non-hydrogen) atoms. The first-order valence-corrected chi connectivity index (χ1v) is 11.3. The first kappa shape index (κ1) is 25.5. The molecular weight excluding hydrogens is 472 g/mol. The van der Waals surface area contributed by atoms with E-state index in [0.717, 1.165) is 11.6 Å². The number of aromatic hydroxyl groups is 3. The quantitative estimate of drug-likeness (QED) is 0.286. The molecule has 1 aliphatic heterocycles. The Kier molecular flexibility index (Phi) is 6.96. The SMILES string of the molecule is CC(C)=CCc1c(O)cc(O)c2c(=O)c(O[C@@H]3O[C@@H](C)[C@H](O)[C@@H](O)[C@@H]3O)c(-c3ccc(O)cc3)oc12. The molecule has 0 aliphatic carbocycles. The molecule has 2 heterocycles. The van der Waals surface area contributed by atoms with E-state index in [9.17, 15) is 35.4 Å². The maximum atomic E-state index is 13.7.